The lowest BCUT2D eigenvalue weighted by molar-refractivity contribution is -0.229. The van der Waals surface area contributed by atoms with Crippen molar-refractivity contribution in [1.82, 2.24) is 0 Å². The van der Waals surface area contributed by atoms with Gasteiger partial charge >= 0.3 is 0 Å². The zero-order valence-electron chi connectivity index (χ0n) is 22.2. The number of aliphatic hydroxyl groups is 2. The molecule has 0 spiro atoms. The predicted molar refractivity (Wildman–Crippen MR) is 132 cm³/mol. The van der Waals surface area contributed by atoms with Crippen LogP contribution in [0.1, 0.15) is 113 Å². The third-order valence-corrected chi connectivity index (χ3v) is 13.1. The number of rotatable bonds is 0. The lowest BCUT2D eigenvalue weighted by Crippen LogP contribution is -2.66. The van der Waals surface area contributed by atoms with E-state index in [0.717, 1.165) is 18.8 Å². The van der Waals surface area contributed by atoms with Crippen molar-refractivity contribution in [2.45, 2.75) is 125 Å². The van der Waals surface area contributed by atoms with Crippen LogP contribution in [-0.4, -0.2) is 22.4 Å². The Balaban J connectivity index is 1.56. The average Bonchev–Trinajstić information content (AvgIpc) is 2.68. The minimum absolute atomic E-state index is 0.0310. The molecule has 9 atom stereocenters. The van der Waals surface area contributed by atoms with Crippen LogP contribution in [0.15, 0.2) is 11.6 Å². The second-order valence-corrected chi connectivity index (χ2v) is 15.2. The van der Waals surface area contributed by atoms with E-state index in [1.165, 1.54) is 44.9 Å². The van der Waals surface area contributed by atoms with Crippen molar-refractivity contribution in [3.8, 4) is 0 Å². The Bertz CT molecular complexity index is 825. The molecule has 0 aromatic heterocycles. The molecule has 9 unspecified atom stereocenters. The summed E-state index contributed by atoms with van der Waals surface area (Å²) in [7, 11) is 0. The average molecular weight is 443 g/mol. The van der Waals surface area contributed by atoms with Gasteiger partial charge in [-0.15, -0.1) is 0 Å². The molecule has 5 aliphatic rings. The van der Waals surface area contributed by atoms with Gasteiger partial charge in [0, 0.05) is 5.41 Å². The Morgan fingerprint density at radius 3 is 2.06 bits per heavy atom. The molecule has 0 amide bonds. The molecular formula is C30H50O2. The molecule has 0 bridgehead atoms. The molecule has 4 fully saturated rings. The summed E-state index contributed by atoms with van der Waals surface area (Å²) in [5.74, 6) is 2.05. The van der Waals surface area contributed by atoms with Crippen molar-refractivity contribution in [2.75, 3.05) is 0 Å². The second-order valence-electron chi connectivity index (χ2n) is 15.2. The number of allylic oxidation sites excluding steroid dienone is 1. The van der Waals surface area contributed by atoms with Crippen LogP contribution in [0.5, 0.6) is 0 Å². The molecule has 4 saturated carbocycles. The summed E-state index contributed by atoms with van der Waals surface area (Å²) in [4.78, 5) is 0. The van der Waals surface area contributed by atoms with E-state index in [1.54, 1.807) is 5.57 Å². The second kappa shape index (κ2) is 6.66. The van der Waals surface area contributed by atoms with Gasteiger partial charge in [-0.1, -0.05) is 67.0 Å². The van der Waals surface area contributed by atoms with Crippen molar-refractivity contribution < 1.29 is 10.2 Å². The van der Waals surface area contributed by atoms with Crippen molar-refractivity contribution in [3.63, 3.8) is 0 Å². The quantitative estimate of drug-likeness (QED) is 0.391. The SMILES string of the molecule is CC12CCC3(C)C(CCC4C5(C)CCC(O)C(C)(C)C5CCC43C)C1=CC(C)(C)C(O)C2. The van der Waals surface area contributed by atoms with E-state index in [9.17, 15) is 10.2 Å². The fraction of sp³-hybridized carbons (Fsp3) is 0.933. The Morgan fingerprint density at radius 1 is 0.688 bits per heavy atom. The Morgan fingerprint density at radius 2 is 1.38 bits per heavy atom. The number of hydrogen-bond acceptors (Lipinski definition) is 2. The van der Waals surface area contributed by atoms with Crippen LogP contribution >= 0.6 is 0 Å². The van der Waals surface area contributed by atoms with Gasteiger partial charge in [0.15, 0.2) is 0 Å². The minimum Gasteiger partial charge on any atom is -0.393 e. The summed E-state index contributed by atoms with van der Waals surface area (Å²) in [5.41, 5.74) is 2.85. The molecule has 5 rings (SSSR count). The molecule has 2 heteroatoms. The third-order valence-electron chi connectivity index (χ3n) is 13.1. The van der Waals surface area contributed by atoms with Gasteiger partial charge in [-0.05, 0) is 103 Å². The first-order chi connectivity index (χ1) is 14.6. The van der Waals surface area contributed by atoms with Crippen LogP contribution in [0.3, 0.4) is 0 Å². The minimum atomic E-state index is -0.224. The van der Waals surface area contributed by atoms with Crippen LogP contribution in [-0.2, 0) is 0 Å². The number of aliphatic hydroxyl groups excluding tert-OH is 2. The molecule has 32 heavy (non-hydrogen) atoms. The van der Waals surface area contributed by atoms with Crippen LogP contribution < -0.4 is 0 Å². The molecule has 0 saturated heterocycles. The lowest BCUT2D eigenvalue weighted by atomic mass is 9.32. The van der Waals surface area contributed by atoms with Gasteiger partial charge in [0.1, 0.15) is 0 Å². The van der Waals surface area contributed by atoms with E-state index < -0.39 is 0 Å². The van der Waals surface area contributed by atoms with Gasteiger partial charge in [-0.2, -0.15) is 0 Å². The third kappa shape index (κ3) is 2.72. The molecule has 5 aliphatic carbocycles. The van der Waals surface area contributed by atoms with Gasteiger partial charge in [-0.3, -0.25) is 0 Å². The van der Waals surface area contributed by atoms with Gasteiger partial charge in [-0.25, -0.2) is 0 Å². The molecule has 182 valence electrons. The van der Waals surface area contributed by atoms with E-state index in [0.29, 0.717) is 28.1 Å². The molecule has 0 heterocycles. The first-order valence-corrected chi connectivity index (χ1v) is 13.7. The monoisotopic (exact) mass is 442 g/mol. The summed E-state index contributed by atoms with van der Waals surface area (Å²) in [6.07, 6.45) is 13.0. The summed E-state index contributed by atoms with van der Waals surface area (Å²) in [6, 6.07) is 0. The maximum Gasteiger partial charge on any atom is 0.0633 e. The van der Waals surface area contributed by atoms with E-state index in [2.05, 4.69) is 61.5 Å². The number of fused-ring (bicyclic) bond motifs is 7. The predicted octanol–water partition coefficient (Wildman–Crippen LogP) is 7.14. The molecule has 2 nitrogen and oxygen atoms in total. The van der Waals surface area contributed by atoms with Crippen LogP contribution in [0.4, 0.5) is 0 Å². The summed E-state index contributed by atoms with van der Waals surface area (Å²) < 4.78 is 0. The Labute approximate surface area is 197 Å². The van der Waals surface area contributed by atoms with E-state index in [4.69, 9.17) is 0 Å². The highest BCUT2D eigenvalue weighted by Crippen LogP contribution is 2.76. The summed E-state index contributed by atoms with van der Waals surface area (Å²) in [6.45, 7) is 19.6. The highest BCUT2D eigenvalue weighted by molar-refractivity contribution is 5.32. The standard InChI is InChI=1S/C30H50O2/c1-25(2)17-20-19-9-10-22-28(6)13-12-23(31)26(3,4)21(28)11-14-30(22,8)29(19,7)16-15-27(20,5)18-24(25)32/h17,19,21-24,31-32H,9-16,18H2,1-8H3. The Hall–Kier alpha value is -0.340. The van der Waals surface area contributed by atoms with E-state index >= 15 is 0 Å². The Kier molecular flexibility index (Phi) is 4.87. The van der Waals surface area contributed by atoms with Gasteiger partial charge < -0.3 is 10.2 Å². The molecule has 0 aromatic carbocycles. The van der Waals surface area contributed by atoms with Crippen molar-refractivity contribution in [2.24, 2.45) is 50.2 Å². The zero-order chi connectivity index (χ0) is 23.5. The topological polar surface area (TPSA) is 40.5 Å². The lowest BCUT2D eigenvalue weighted by Gasteiger charge is -2.72. The van der Waals surface area contributed by atoms with Gasteiger partial charge in [0.05, 0.1) is 12.2 Å². The summed E-state index contributed by atoms with van der Waals surface area (Å²) in [5, 5.41) is 21.8. The first-order valence-electron chi connectivity index (χ1n) is 13.7. The van der Waals surface area contributed by atoms with Crippen LogP contribution in [0.25, 0.3) is 0 Å². The molecule has 0 radical (unpaired) electrons. The van der Waals surface area contributed by atoms with Crippen molar-refractivity contribution in [1.29, 1.82) is 0 Å². The molecule has 0 aliphatic heterocycles. The van der Waals surface area contributed by atoms with Gasteiger partial charge in [0.2, 0.25) is 0 Å². The highest BCUT2D eigenvalue weighted by Gasteiger charge is 2.68. The fourth-order valence-electron chi connectivity index (χ4n) is 10.7. The molecular weight excluding hydrogens is 392 g/mol. The van der Waals surface area contributed by atoms with E-state index in [1.807, 2.05) is 0 Å². The van der Waals surface area contributed by atoms with Crippen LogP contribution in [0, 0.1) is 50.2 Å². The molecule has 2 N–H and O–H groups in total. The summed E-state index contributed by atoms with van der Waals surface area (Å²) >= 11 is 0. The van der Waals surface area contributed by atoms with Gasteiger partial charge in [0.25, 0.3) is 0 Å². The first kappa shape index (κ1) is 23.4. The largest absolute Gasteiger partial charge is 0.393 e. The maximum absolute atomic E-state index is 10.9. The number of hydrogen-bond donors (Lipinski definition) is 2. The normalized spacial score (nSPS) is 56.2. The maximum atomic E-state index is 10.9. The zero-order valence-corrected chi connectivity index (χ0v) is 22.2. The smallest absolute Gasteiger partial charge is 0.0633 e. The van der Waals surface area contributed by atoms with Crippen LogP contribution in [0.2, 0.25) is 0 Å². The van der Waals surface area contributed by atoms with Crippen molar-refractivity contribution >= 4 is 0 Å². The van der Waals surface area contributed by atoms with Crippen molar-refractivity contribution in [3.05, 3.63) is 11.6 Å². The van der Waals surface area contributed by atoms with E-state index in [-0.39, 0.29) is 28.5 Å². The molecule has 0 aromatic rings. The highest BCUT2D eigenvalue weighted by atomic mass is 16.3. The fourth-order valence-corrected chi connectivity index (χ4v) is 10.7.